The van der Waals surface area contributed by atoms with Crippen LogP contribution >= 0.6 is 11.3 Å². The molecule has 0 saturated heterocycles. The highest BCUT2D eigenvalue weighted by molar-refractivity contribution is 7.22. The molecular weight excluding hydrogens is 176 g/mol. The Balaban J connectivity index is 3.03. The maximum absolute atomic E-state index is 11.1. The van der Waals surface area contributed by atoms with E-state index in [0.29, 0.717) is 10.6 Å². The van der Waals surface area contributed by atoms with Crippen molar-refractivity contribution in [1.29, 1.82) is 0 Å². The maximum atomic E-state index is 11.1. The average Bonchev–Trinajstić information content (AvgIpc) is 2.41. The van der Waals surface area contributed by atoms with Gasteiger partial charge in [0.2, 0.25) is 0 Å². The number of aromatic amines is 1. The highest BCUT2D eigenvalue weighted by Gasteiger charge is 2.07. The Morgan fingerprint density at radius 1 is 1.58 bits per heavy atom. The van der Waals surface area contributed by atoms with E-state index in [2.05, 4.69) is 15.2 Å². The normalized spacial score (nSPS) is 10.8. The molecule has 0 spiro atoms. The fraction of sp³-hybridized carbons (Fsp3) is 0.167. The molecule has 0 bridgehead atoms. The number of hydrogen-bond acceptors (Lipinski definition) is 5. The Bertz CT molecular complexity index is 486. The lowest BCUT2D eigenvalue weighted by molar-refractivity contribution is 0.969. The van der Waals surface area contributed by atoms with Gasteiger partial charge in [-0.1, -0.05) is 11.3 Å². The van der Waals surface area contributed by atoms with Crippen LogP contribution in [0.15, 0.2) is 4.79 Å². The number of thiazole rings is 1. The molecule has 0 radical (unpaired) electrons. The lowest BCUT2D eigenvalue weighted by atomic mass is 10.4. The lowest BCUT2D eigenvalue weighted by Crippen LogP contribution is -2.08. The van der Waals surface area contributed by atoms with Crippen LogP contribution in [0.4, 0.5) is 5.13 Å². The molecule has 0 aliphatic heterocycles. The zero-order valence-corrected chi connectivity index (χ0v) is 7.10. The predicted molar refractivity (Wildman–Crippen MR) is 47.2 cm³/mol. The minimum Gasteiger partial charge on any atom is -0.375 e. The number of nitrogen functional groups attached to an aromatic ring is 1. The molecular formula is C6H6N4OS. The fourth-order valence-electron chi connectivity index (χ4n) is 0.974. The summed E-state index contributed by atoms with van der Waals surface area (Å²) in [6.07, 6.45) is 0. The molecule has 0 atom stereocenters. The van der Waals surface area contributed by atoms with Crippen molar-refractivity contribution in [1.82, 2.24) is 15.2 Å². The molecule has 2 rings (SSSR count). The van der Waals surface area contributed by atoms with E-state index in [9.17, 15) is 4.79 Å². The topological polar surface area (TPSA) is 84.7 Å². The highest BCUT2D eigenvalue weighted by atomic mass is 32.1. The third-order valence-corrected chi connectivity index (χ3v) is 2.51. The first kappa shape index (κ1) is 7.23. The summed E-state index contributed by atoms with van der Waals surface area (Å²) in [5, 5.41) is 6.53. The molecule has 2 heterocycles. The molecule has 3 N–H and O–H groups in total. The van der Waals surface area contributed by atoms with Gasteiger partial charge >= 0.3 is 0 Å². The monoisotopic (exact) mass is 182 g/mol. The quantitative estimate of drug-likeness (QED) is 0.612. The minimum atomic E-state index is -0.288. The van der Waals surface area contributed by atoms with Gasteiger partial charge in [0.15, 0.2) is 10.6 Å². The van der Waals surface area contributed by atoms with Crippen LogP contribution in [-0.4, -0.2) is 15.2 Å². The Kier molecular flexibility index (Phi) is 1.37. The highest BCUT2D eigenvalue weighted by Crippen LogP contribution is 2.21. The first-order chi connectivity index (χ1) is 5.68. The maximum Gasteiger partial charge on any atom is 0.291 e. The van der Waals surface area contributed by atoms with E-state index in [4.69, 9.17) is 5.73 Å². The number of nitrogens with one attached hydrogen (secondary N) is 1. The Labute approximate surface area is 71.2 Å². The fourth-order valence-corrected chi connectivity index (χ4v) is 1.75. The van der Waals surface area contributed by atoms with Gasteiger partial charge in [-0.25, -0.2) is 10.1 Å². The van der Waals surface area contributed by atoms with Gasteiger partial charge in [0.1, 0.15) is 0 Å². The number of H-pyrrole nitrogens is 1. The van der Waals surface area contributed by atoms with E-state index in [1.54, 1.807) is 6.92 Å². The van der Waals surface area contributed by atoms with Crippen LogP contribution in [0.1, 0.15) is 5.69 Å². The van der Waals surface area contributed by atoms with Crippen molar-refractivity contribution in [3.63, 3.8) is 0 Å². The Hall–Kier alpha value is -1.43. The summed E-state index contributed by atoms with van der Waals surface area (Å²) in [4.78, 5) is 15.0. The second-order valence-corrected chi connectivity index (χ2v) is 3.40. The standard InChI is InChI=1S/C6H6N4OS/c1-2-4-3(5(11)10-9-2)8-6(7)12-4/h1H3,(H2,7,8)(H,10,11). The van der Waals surface area contributed by atoms with Gasteiger partial charge in [-0.2, -0.15) is 5.10 Å². The van der Waals surface area contributed by atoms with E-state index < -0.39 is 0 Å². The first-order valence-electron chi connectivity index (χ1n) is 3.30. The van der Waals surface area contributed by atoms with Crippen LogP contribution in [0.25, 0.3) is 10.2 Å². The zero-order chi connectivity index (χ0) is 8.72. The number of hydrogen-bond donors (Lipinski definition) is 2. The van der Waals surface area contributed by atoms with Crippen molar-refractivity contribution in [3.8, 4) is 0 Å². The predicted octanol–water partition coefficient (Wildman–Crippen LogP) is 0.270. The molecule has 0 saturated carbocycles. The summed E-state index contributed by atoms with van der Waals surface area (Å²) < 4.78 is 0.760. The van der Waals surface area contributed by atoms with E-state index >= 15 is 0 Å². The minimum absolute atomic E-state index is 0.288. The van der Waals surface area contributed by atoms with Crippen LogP contribution in [0.5, 0.6) is 0 Å². The van der Waals surface area contributed by atoms with Gasteiger partial charge in [-0.05, 0) is 6.92 Å². The zero-order valence-electron chi connectivity index (χ0n) is 6.29. The van der Waals surface area contributed by atoms with Crippen LogP contribution < -0.4 is 11.3 Å². The molecule has 5 nitrogen and oxygen atoms in total. The van der Waals surface area contributed by atoms with Crippen molar-refractivity contribution < 1.29 is 0 Å². The second kappa shape index (κ2) is 2.28. The molecule has 2 aromatic rings. The first-order valence-corrected chi connectivity index (χ1v) is 4.11. The van der Waals surface area contributed by atoms with E-state index in [1.807, 2.05) is 0 Å². The number of anilines is 1. The summed E-state index contributed by atoms with van der Waals surface area (Å²) in [6, 6.07) is 0. The molecule has 0 amide bonds. The molecule has 2 aromatic heterocycles. The summed E-state index contributed by atoms with van der Waals surface area (Å²) in [7, 11) is 0. The van der Waals surface area contributed by atoms with E-state index in [1.165, 1.54) is 11.3 Å². The van der Waals surface area contributed by atoms with E-state index in [-0.39, 0.29) is 5.56 Å². The van der Waals surface area contributed by atoms with Gasteiger partial charge < -0.3 is 5.73 Å². The van der Waals surface area contributed by atoms with Gasteiger partial charge in [-0.3, -0.25) is 4.79 Å². The van der Waals surface area contributed by atoms with Crippen molar-refractivity contribution in [2.75, 3.05) is 5.73 Å². The van der Waals surface area contributed by atoms with Crippen LogP contribution in [0.2, 0.25) is 0 Å². The molecule has 12 heavy (non-hydrogen) atoms. The summed E-state index contributed by atoms with van der Waals surface area (Å²) in [5.74, 6) is 0. The SMILES string of the molecule is Cc1n[nH]c(=O)c2nc(N)sc12. The number of nitrogens with two attached hydrogens (primary N) is 1. The molecule has 62 valence electrons. The van der Waals surface area contributed by atoms with Crippen molar-refractivity contribution >= 4 is 26.7 Å². The average molecular weight is 182 g/mol. The van der Waals surface area contributed by atoms with Crippen LogP contribution in [0.3, 0.4) is 0 Å². The Morgan fingerprint density at radius 3 is 3.00 bits per heavy atom. The molecule has 0 fully saturated rings. The number of rotatable bonds is 0. The van der Waals surface area contributed by atoms with Crippen molar-refractivity contribution in [2.45, 2.75) is 6.92 Å². The van der Waals surface area contributed by atoms with Gasteiger partial charge in [0.25, 0.3) is 5.56 Å². The number of aromatic nitrogens is 3. The van der Waals surface area contributed by atoms with Gasteiger partial charge in [0.05, 0.1) is 10.4 Å². The molecule has 0 aliphatic rings. The van der Waals surface area contributed by atoms with Crippen molar-refractivity contribution in [3.05, 3.63) is 16.0 Å². The molecule has 0 aliphatic carbocycles. The lowest BCUT2D eigenvalue weighted by Gasteiger charge is -1.89. The van der Waals surface area contributed by atoms with Crippen LogP contribution in [-0.2, 0) is 0 Å². The number of aryl methyl sites for hydroxylation is 1. The number of fused-ring (bicyclic) bond motifs is 1. The van der Waals surface area contributed by atoms with Crippen molar-refractivity contribution in [2.24, 2.45) is 0 Å². The number of nitrogens with zero attached hydrogens (tertiary/aromatic N) is 2. The smallest absolute Gasteiger partial charge is 0.291 e. The van der Waals surface area contributed by atoms with E-state index in [0.717, 1.165) is 10.4 Å². The molecule has 0 aromatic carbocycles. The van der Waals surface area contributed by atoms with Crippen LogP contribution in [0, 0.1) is 6.92 Å². The third kappa shape index (κ3) is 0.884. The Morgan fingerprint density at radius 2 is 2.33 bits per heavy atom. The van der Waals surface area contributed by atoms with Gasteiger partial charge in [-0.15, -0.1) is 0 Å². The largest absolute Gasteiger partial charge is 0.375 e. The summed E-state index contributed by atoms with van der Waals surface area (Å²) in [6.45, 7) is 1.80. The summed E-state index contributed by atoms with van der Waals surface area (Å²) >= 11 is 1.28. The summed E-state index contributed by atoms with van der Waals surface area (Å²) in [5.41, 5.74) is 6.30. The third-order valence-electron chi connectivity index (χ3n) is 1.51. The molecule has 6 heteroatoms. The molecule has 0 unspecified atom stereocenters. The van der Waals surface area contributed by atoms with Gasteiger partial charge in [0, 0.05) is 0 Å². The second-order valence-electron chi connectivity index (χ2n) is 2.37.